The highest BCUT2D eigenvalue weighted by molar-refractivity contribution is 5.95. The number of benzene rings is 3. The summed E-state index contributed by atoms with van der Waals surface area (Å²) in [6, 6.07) is 29.5. The molecule has 186 valence electrons. The average molecular weight is 493 g/mol. The molecule has 0 saturated carbocycles. The number of nitrogens with zero attached hydrogens (tertiary/aromatic N) is 4. The molecule has 0 atom stereocenters. The van der Waals surface area contributed by atoms with Gasteiger partial charge in [0.15, 0.2) is 5.69 Å². The molecular weight excluding hydrogens is 464 g/mol. The van der Waals surface area contributed by atoms with Gasteiger partial charge < -0.3 is 15.2 Å². The Morgan fingerprint density at radius 1 is 0.865 bits per heavy atom. The maximum absolute atomic E-state index is 12.9. The zero-order chi connectivity index (χ0) is 25.6. The van der Waals surface area contributed by atoms with Crippen molar-refractivity contribution in [2.45, 2.75) is 25.9 Å². The monoisotopic (exact) mass is 492 g/mol. The number of hydrogen-bond donors (Lipinski definition) is 2. The zero-order valence-corrected chi connectivity index (χ0v) is 20.6. The number of aryl methyl sites for hydroxylation is 2. The fourth-order valence-corrected chi connectivity index (χ4v) is 4.26. The van der Waals surface area contributed by atoms with Gasteiger partial charge in [-0.15, -0.1) is 0 Å². The number of imidazole rings is 1. The van der Waals surface area contributed by atoms with Crippen LogP contribution in [0.3, 0.4) is 0 Å². The molecule has 8 heteroatoms. The summed E-state index contributed by atoms with van der Waals surface area (Å²) in [5, 5.41) is 10.1. The van der Waals surface area contributed by atoms with Gasteiger partial charge in [0.05, 0.1) is 17.6 Å². The first-order chi connectivity index (χ1) is 18.1. The Morgan fingerprint density at radius 2 is 1.54 bits per heavy atom. The molecule has 0 saturated heterocycles. The first-order valence-corrected chi connectivity index (χ1v) is 12.2. The van der Waals surface area contributed by atoms with E-state index in [9.17, 15) is 9.59 Å². The van der Waals surface area contributed by atoms with Crippen LogP contribution in [-0.2, 0) is 31.4 Å². The van der Waals surface area contributed by atoms with Crippen molar-refractivity contribution in [1.82, 2.24) is 24.6 Å². The van der Waals surface area contributed by atoms with Crippen molar-refractivity contribution in [3.05, 3.63) is 114 Å². The van der Waals surface area contributed by atoms with Gasteiger partial charge in [0.1, 0.15) is 11.6 Å². The normalized spacial score (nSPS) is 10.9. The number of carbonyl (C=O) groups is 2. The van der Waals surface area contributed by atoms with Gasteiger partial charge in [0, 0.05) is 26.1 Å². The van der Waals surface area contributed by atoms with Crippen LogP contribution in [0.2, 0.25) is 0 Å². The van der Waals surface area contributed by atoms with Crippen LogP contribution in [0.25, 0.3) is 11.0 Å². The van der Waals surface area contributed by atoms with E-state index in [2.05, 4.69) is 32.4 Å². The molecule has 0 unspecified atom stereocenters. The lowest BCUT2D eigenvalue weighted by Gasteiger charge is -2.10. The molecule has 0 fully saturated rings. The van der Waals surface area contributed by atoms with Gasteiger partial charge in [-0.1, -0.05) is 72.8 Å². The van der Waals surface area contributed by atoms with Crippen molar-refractivity contribution in [2.24, 2.45) is 7.05 Å². The Kier molecular flexibility index (Phi) is 7.07. The summed E-state index contributed by atoms with van der Waals surface area (Å²) in [5.74, 6) is 0.760. The summed E-state index contributed by atoms with van der Waals surface area (Å²) in [6.45, 7) is 0.894. The largest absolute Gasteiger partial charge is 0.343 e. The quantitative estimate of drug-likeness (QED) is 0.320. The maximum atomic E-state index is 12.9. The SMILES string of the molecule is Cn1nc(C(=O)NCc2nc3ccccc3n2Cc2ccccc2)cc1NC(=O)CCc1ccccc1. The van der Waals surface area contributed by atoms with E-state index in [1.165, 1.54) is 4.68 Å². The standard InChI is InChI=1S/C29H28N6O2/c1-34-26(32-28(36)17-16-21-10-4-2-5-11-21)18-24(33-34)29(37)30-19-27-31-23-14-8-9-15-25(23)35(27)20-22-12-6-3-7-13-22/h2-15,18H,16-17,19-20H2,1H3,(H,30,37)(H,32,36). The minimum absolute atomic E-state index is 0.131. The number of amides is 2. The summed E-state index contributed by atoms with van der Waals surface area (Å²) in [4.78, 5) is 30.1. The molecule has 37 heavy (non-hydrogen) atoms. The molecule has 3 aromatic carbocycles. The number of nitrogens with one attached hydrogen (secondary N) is 2. The first-order valence-electron chi connectivity index (χ1n) is 12.2. The van der Waals surface area contributed by atoms with E-state index in [1.807, 2.05) is 72.8 Å². The van der Waals surface area contributed by atoms with E-state index >= 15 is 0 Å². The van der Waals surface area contributed by atoms with E-state index in [1.54, 1.807) is 13.1 Å². The van der Waals surface area contributed by atoms with Crippen LogP contribution in [0.1, 0.15) is 33.9 Å². The van der Waals surface area contributed by atoms with E-state index in [0.29, 0.717) is 25.2 Å². The van der Waals surface area contributed by atoms with Gasteiger partial charge >= 0.3 is 0 Å². The molecule has 0 bridgehead atoms. The minimum Gasteiger partial charge on any atom is -0.343 e. The molecule has 5 aromatic rings. The lowest BCUT2D eigenvalue weighted by molar-refractivity contribution is -0.116. The van der Waals surface area contributed by atoms with Crippen LogP contribution in [0.5, 0.6) is 0 Å². The zero-order valence-electron chi connectivity index (χ0n) is 20.6. The molecule has 8 nitrogen and oxygen atoms in total. The van der Waals surface area contributed by atoms with Crippen LogP contribution < -0.4 is 10.6 Å². The molecule has 5 rings (SSSR count). The predicted octanol–water partition coefficient (Wildman–Crippen LogP) is 4.32. The molecule has 2 heterocycles. The number of aromatic nitrogens is 4. The highest BCUT2D eigenvalue weighted by Gasteiger charge is 2.17. The average Bonchev–Trinajstić information content (AvgIpc) is 3.47. The first kappa shape index (κ1) is 24.0. The van der Waals surface area contributed by atoms with E-state index < -0.39 is 0 Å². The van der Waals surface area contributed by atoms with Gasteiger partial charge in [-0.3, -0.25) is 14.3 Å². The van der Waals surface area contributed by atoms with E-state index in [-0.39, 0.29) is 24.1 Å². The van der Waals surface area contributed by atoms with Crippen LogP contribution in [0, 0.1) is 0 Å². The van der Waals surface area contributed by atoms with E-state index in [4.69, 9.17) is 4.98 Å². The van der Waals surface area contributed by atoms with Crippen LogP contribution >= 0.6 is 0 Å². The second-order valence-corrected chi connectivity index (χ2v) is 8.84. The fraction of sp³-hybridized carbons (Fsp3) is 0.172. The summed E-state index contributed by atoms with van der Waals surface area (Å²) >= 11 is 0. The number of fused-ring (bicyclic) bond motifs is 1. The highest BCUT2D eigenvalue weighted by atomic mass is 16.2. The molecule has 0 radical (unpaired) electrons. The molecule has 0 spiro atoms. The van der Waals surface area contributed by atoms with Crippen molar-refractivity contribution in [2.75, 3.05) is 5.32 Å². The molecule has 2 N–H and O–H groups in total. The summed E-state index contributed by atoms with van der Waals surface area (Å²) < 4.78 is 3.61. The maximum Gasteiger partial charge on any atom is 0.272 e. The van der Waals surface area contributed by atoms with Gasteiger partial charge in [0.2, 0.25) is 5.91 Å². The number of anilines is 1. The lowest BCUT2D eigenvalue weighted by atomic mass is 10.1. The molecule has 0 aliphatic carbocycles. The topological polar surface area (TPSA) is 93.8 Å². The van der Waals surface area contributed by atoms with Gasteiger partial charge in [-0.2, -0.15) is 5.10 Å². The van der Waals surface area contributed by atoms with Crippen molar-refractivity contribution < 1.29 is 9.59 Å². The lowest BCUT2D eigenvalue weighted by Crippen LogP contribution is -2.25. The number of carbonyl (C=O) groups excluding carboxylic acids is 2. The third kappa shape index (κ3) is 5.75. The Labute approximate surface area is 215 Å². The van der Waals surface area contributed by atoms with Crippen molar-refractivity contribution in [1.29, 1.82) is 0 Å². The van der Waals surface area contributed by atoms with Gasteiger partial charge in [0.25, 0.3) is 5.91 Å². The molecule has 2 amide bonds. The van der Waals surface area contributed by atoms with Crippen molar-refractivity contribution in [3.63, 3.8) is 0 Å². The van der Waals surface area contributed by atoms with Gasteiger partial charge in [-0.05, 0) is 29.7 Å². The molecular formula is C29H28N6O2. The summed E-state index contributed by atoms with van der Waals surface area (Å²) in [6.07, 6.45) is 0.982. The van der Waals surface area contributed by atoms with E-state index in [0.717, 1.165) is 28.0 Å². The predicted molar refractivity (Wildman–Crippen MR) is 143 cm³/mol. The fourth-order valence-electron chi connectivity index (χ4n) is 4.26. The number of para-hydroxylation sites is 2. The minimum atomic E-state index is -0.335. The number of rotatable bonds is 9. The second-order valence-electron chi connectivity index (χ2n) is 8.84. The number of hydrogen-bond acceptors (Lipinski definition) is 4. The Hall–Kier alpha value is -4.72. The summed E-state index contributed by atoms with van der Waals surface area (Å²) in [5.41, 5.74) is 4.36. The van der Waals surface area contributed by atoms with Crippen LogP contribution in [0.15, 0.2) is 91.0 Å². The van der Waals surface area contributed by atoms with Crippen molar-refractivity contribution in [3.8, 4) is 0 Å². The van der Waals surface area contributed by atoms with Crippen LogP contribution in [-0.4, -0.2) is 31.1 Å². The molecule has 0 aliphatic rings. The smallest absolute Gasteiger partial charge is 0.272 e. The third-order valence-corrected chi connectivity index (χ3v) is 6.19. The molecule has 0 aliphatic heterocycles. The summed E-state index contributed by atoms with van der Waals surface area (Å²) in [7, 11) is 1.70. The third-order valence-electron chi connectivity index (χ3n) is 6.19. The van der Waals surface area contributed by atoms with Crippen molar-refractivity contribution >= 4 is 28.7 Å². The van der Waals surface area contributed by atoms with Crippen LogP contribution in [0.4, 0.5) is 5.82 Å². The Morgan fingerprint density at radius 3 is 2.30 bits per heavy atom. The Balaban J connectivity index is 1.24. The Bertz CT molecular complexity index is 1520. The second kappa shape index (κ2) is 10.9. The highest BCUT2D eigenvalue weighted by Crippen LogP contribution is 2.18. The molecule has 2 aromatic heterocycles. The van der Waals surface area contributed by atoms with Gasteiger partial charge in [-0.25, -0.2) is 4.98 Å².